The van der Waals surface area contributed by atoms with Crippen LogP contribution in [0.25, 0.3) is 0 Å². The highest BCUT2D eigenvalue weighted by molar-refractivity contribution is 9.10. The number of phenols is 1. The first-order valence-electron chi connectivity index (χ1n) is 8.01. The van der Waals surface area contributed by atoms with Gasteiger partial charge in [0.15, 0.2) is 5.69 Å². The van der Waals surface area contributed by atoms with Gasteiger partial charge in [-0.15, -0.1) is 0 Å². The normalized spacial score (nSPS) is 10.9. The van der Waals surface area contributed by atoms with E-state index in [9.17, 15) is 20.0 Å². The number of non-ortho nitro benzene ring substituents is 1. The fourth-order valence-corrected chi connectivity index (χ4v) is 2.59. The molecule has 0 aliphatic rings. The molecular formula is C18H14BrN5O4. The van der Waals surface area contributed by atoms with Gasteiger partial charge in [-0.1, -0.05) is 28.1 Å². The lowest BCUT2D eigenvalue weighted by Gasteiger charge is -2.02. The number of hydrazone groups is 1. The van der Waals surface area contributed by atoms with Gasteiger partial charge in [0.25, 0.3) is 11.6 Å². The summed E-state index contributed by atoms with van der Waals surface area (Å²) in [5.74, 6) is -0.738. The number of halogens is 1. The van der Waals surface area contributed by atoms with Gasteiger partial charge in [-0.2, -0.15) is 10.2 Å². The largest absolute Gasteiger partial charge is 0.507 e. The number of benzene rings is 2. The Bertz CT molecular complexity index is 1050. The van der Waals surface area contributed by atoms with Crippen LogP contribution in [0, 0.1) is 10.1 Å². The molecule has 0 aliphatic carbocycles. The molecule has 0 saturated carbocycles. The Balaban J connectivity index is 1.63. The van der Waals surface area contributed by atoms with Crippen molar-refractivity contribution in [2.45, 2.75) is 6.54 Å². The van der Waals surface area contributed by atoms with Crippen molar-refractivity contribution in [3.8, 4) is 5.75 Å². The number of hydrogen-bond acceptors (Lipinski definition) is 6. The summed E-state index contributed by atoms with van der Waals surface area (Å²) in [4.78, 5) is 22.3. The van der Waals surface area contributed by atoms with Crippen LogP contribution in [0.3, 0.4) is 0 Å². The number of phenolic OH excluding ortho intramolecular Hbond substituents is 1. The Morgan fingerprint density at radius 2 is 2.04 bits per heavy atom. The Morgan fingerprint density at radius 3 is 2.75 bits per heavy atom. The van der Waals surface area contributed by atoms with E-state index in [-0.39, 0.29) is 22.7 Å². The number of rotatable bonds is 6. The van der Waals surface area contributed by atoms with Crippen molar-refractivity contribution < 1.29 is 14.8 Å². The van der Waals surface area contributed by atoms with Crippen molar-refractivity contribution >= 4 is 33.7 Å². The quantitative estimate of drug-likeness (QED) is 0.344. The van der Waals surface area contributed by atoms with Gasteiger partial charge >= 0.3 is 0 Å². The number of nitrogens with zero attached hydrogens (tertiary/aromatic N) is 4. The molecule has 2 aromatic carbocycles. The minimum absolute atomic E-state index is 0.107. The highest BCUT2D eigenvalue weighted by Crippen LogP contribution is 2.21. The topological polar surface area (TPSA) is 123 Å². The van der Waals surface area contributed by atoms with Crippen molar-refractivity contribution in [3.63, 3.8) is 0 Å². The SMILES string of the molecule is O=C(N/N=C/c1cc([N+](=O)[O-])ccc1O)c1ccn(Cc2ccc(Br)cc2)n1. The number of aromatic nitrogens is 2. The summed E-state index contributed by atoms with van der Waals surface area (Å²) in [5.41, 5.74) is 3.38. The lowest BCUT2D eigenvalue weighted by Crippen LogP contribution is -2.18. The first-order chi connectivity index (χ1) is 13.4. The van der Waals surface area contributed by atoms with Gasteiger partial charge in [-0.05, 0) is 29.8 Å². The second kappa shape index (κ2) is 8.44. The third-order valence-corrected chi connectivity index (χ3v) is 4.25. The first kappa shape index (κ1) is 19.2. The van der Waals surface area contributed by atoms with Crippen molar-refractivity contribution in [3.05, 3.63) is 86.1 Å². The lowest BCUT2D eigenvalue weighted by atomic mass is 10.2. The zero-order valence-corrected chi connectivity index (χ0v) is 15.9. The average molecular weight is 444 g/mol. The van der Waals surface area contributed by atoms with Crippen LogP contribution in [0.2, 0.25) is 0 Å². The van der Waals surface area contributed by atoms with Crippen LogP contribution < -0.4 is 5.43 Å². The van der Waals surface area contributed by atoms with Crippen LogP contribution in [-0.4, -0.2) is 31.9 Å². The van der Waals surface area contributed by atoms with Crippen molar-refractivity contribution in [2.24, 2.45) is 5.10 Å². The number of aromatic hydroxyl groups is 1. The van der Waals surface area contributed by atoms with Crippen LogP contribution >= 0.6 is 15.9 Å². The predicted molar refractivity (Wildman–Crippen MR) is 105 cm³/mol. The summed E-state index contributed by atoms with van der Waals surface area (Å²) in [6.07, 6.45) is 2.80. The maximum atomic E-state index is 12.1. The first-order valence-corrected chi connectivity index (χ1v) is 8.80. The monoisotopic (exact) mass is 443 g/mol. The van der Waals surface area contributed by atoms with Gasteiger partial charge in [-0.3, -0.25) is 19.6 Å². The van der Waals surface area contributed by atoms with Gasteiger partial charge in [0.05, 0.1) is 17.7 Å². The molecule has 28 heavy (non-hydrogen) atoms. The smallest absolute Gasteiger partial charge is 0.291 e. The van der Waals surface area contributed by atoms with Crippen molar-refractivity contribution in [1.82, 2.24) is 15.2 Å². The van der Waals surface area contributed by atoms with Crippen molar-refractivity contribution in [2.75, 3.05) is 0 Å². The summed E-state index contributed by atoms with van der Waals surface area (Å²) < 4.78 is 2.60. The van der Waals surface area contributed by atoms with E-state index in [0.29, 0.717) is 6.54 Å². The molecule has 9 nitrogen and oxygen atoms in total. The van der Waals surface area contributed by atoms with E-state index in [1.165, 1.54) is 12.1 Å². The number of nitro groups is 1. The van der Waals surface area contributed by atoms with Gasteiger partial charge in [0.2, 0.25) is 0 Å². The molecule has 0 bridgehead atoms. The molecule has 2 N–H and O–H groups in total. The molecule has 3 rings (SSSR count). The van der Waals surface area contributed by atoms with Crippen molar-refractivity contribution in [1.29, 1.82) is 0 Å². The molecule has 0 aliphatic heterocycles. The molecule has 142 valence electrons. The molecule has 0 unspecified atom stereocenters. The van der Waals surface area contributed by atoms with Gasteiger partial charge < -0.3 is 5.11 Å². The fraction of sp³-hybridized carbons (Fsp3) is 0.0556. The number of carbonyl (C=O) groups is 1. The number of hydrogen-bond donors (Lipinski definition) is 2. The molecule has 0 radical (unpaired) electrons. The van der Waals surface area contributed by atoms with E-state index in [1.54, 1.807) is 16.9 Å². The van der Waals surface area contributed by atoms with Crippen LogP contribution in [0.4, 0.5) is 5.69 Å². The highest BCUT2D eigenvalue weighted by atomic mass is 79.9. The van der Waals surface area contributed by atoms with Gasteiger partial charge in [0.1, 0.15) is 5.75 Å². The second-order valence-corrected chi connectivity index (χ2v) is 6.64. The maximum absolute atomic E-state index is 12.1. The highest BCUT2D eigenvalue weighted by Gasteiger charge is 2.11. The van der Waals surface area contributed by atoms with Gasteiger partial charge in [0, 0.05) is 28.4 Å². The number of carbonyl (C=O) groups excluding carboxylic acids is 1. The van der Waals surface area contributed by atoms with E-state index in [0.717, 1.165) is 22.3 Å². The molecule has 1 heterocycles. The maximum Gasteiger partial charge on any atom is 0.291 e. The minimum atomic E-state index is -0.590. The predicted octanol–water partition coefficient (Wildman–Crippen LogP) is 3.07. The van der Waals surface area contributed by atoms with Crippen LogP contribution in [-0.2, 0) is 6.54 Å². The lowest BCUT2D eigenvalue weighted by molar-refractivity contribution is -0.384. The summed E-state index contributed by atoms with van der Waals surface area (Å²) in [5, 5.41) is 28.4. The number of nitro benzene ring substituents is 1. The van der Waals surface area contributed by atoms with E-state index < -0.39 is 10.8 Å². The zero-order valence-electron chi connectivity index (χ0n) is 14.3. The second-order valence-electron chi connectivity index (χ2n) is 5.72. The Kier molecular flexibility index (Phi) is 5.80. The molecule has 0 atom stereocenters. The Labute approximate surface area is 167 Å². The third-order valence-electron chi connectivity index (χ3n) is 3.72. The standard InChI is InChI=1S/C18H14BrN5O4/c19-14-3-1-12(2-4-14)11-23-8-7-16(22-23)18(26)21-20-10-13-9-15(24(27)28)5-6-17(13)25/h1-10,25H,11H2,(H,21,26)/b20-10+. The summed E-state index contributed by atoms with van der Waals surface area (Å²) in [7, 11) is 0. The van der Waals surface area contributed by atoms with E-state index in [4.69, 9.17) is 0 Å². The molecule has 0 fully saturated rings. The fourth-order valence-electron chi connectivity index (χ4n) is 2.32. The van der Waals surface area contributed by atoms with Gasteiger partial charge in [-0.25, -0.2) is 5.43 Å². The van der Waals surface area contributed by atoms with E-state index >= 15 is 0 Å². The third kappa shape index (κ3) is 4.80. The molecule has 3 aromatic rings. The Hall–Kier alpha value is -3.53. The molecule has 1 amide bonds. The summed E-state index contributed by atoms with van der Waals surface area (Å²) in [6, 6.07) is 12.8. The molecular weight excluding hydrogens is 430 g/mol. The summed E-state index contributed by atoms with van der Waals surface area (Å²) in [6.45, 7) is 0.505. The summed E-state index contributed by atoms with van der Waals surface area (Å²) >= 11 is 3.37. The number of amides is 1. The molecule has 0 saturated heterocycles. The van der Waals surface area contributed by atoms with E-state index in [2.05, 4.69) is 31.6 Å². The molecule has 10 heteroatoms. The molecule has 1 aromatic heterocycles. The molecule has 0 spiro atoms. The minimum Gasteiger partial charge on any atom is -0.507 e. The Morgan fingerprint density at radius 1 is 1.29 bits per heavy atom. The van der Waals surface area contributed by atoms with Crippen LogP contribution in [0.1, 0.15) is 21.6 Å². The van der Waals surface area contributed by atoms with Crippen LogP contribution in [0.5, 0.6) is 5.75 Å². The average Bonchev–Trinajstić information content (AvgIpc) is 3.13. The van der Waals surface area contributed by atoms with E-state index in [1.807, 2.05) is 24.3 Å². The van der Waals surface area contributed by atoms with Crippen LogP contribution in [0.15, 0.2) is 64.3 Å². The zero-order chi connectivity index (χ0) is 20.1. The number of nitrogens with one attached hydrogen (secondary N) is 1.